The average Bonchev–Trinajstić information content (AvgIpc) is 3.00. The first-order valence-corrected chi connectivity index (χ1v) is 7.81. The quantitative estimate of drug-likeness (QED) is 0.660. The summed E-state index contributed by atoms with van der Waals surface area (Å²) in [5, 5.41) is 8.74. The van der Waals surface area contributed by atoms with Crippen molar-refractivity contribution < 1.29 is 14.8 Å². The molecule has 0 unspecified atom stereocenters. The summed E-state index contributed by atoms with van der Waals surface area (Å²) in [5.41, 5.74) is 3.98. The number of hydrogen-bond acceptors (Lipinski definition) is 3. The van der Waals surface area contributed by atoms with E-state index in [1.54, 1.807) is 17.6 Å². The van der Waals surface area contributed by atoms with Crippen molar-refractivity contribution in [2.75, 3.05) is 13.1 Å². The summed E-state index contributed by atoms with van der Waals surface area (Å²) >= 11 is 0. The molecule has 22 heavy (non-hydrogen) atoms. The zero-order chi connectivity index (χ0) is 15.9. The van der Waals surface area contributed by atoms with E-state index in [1.807, 2.05) is 11.0 Å². The Morgan fingerprint density at radius 3 is 2.77 bits per heavy atom. The molecule has 1 aromatic carbocycles. The maximum atomic E-state index is 12.8. The lowest BCUT2D eigenvalue weighted by Gasteiger charge is -2.23. The van der Waals surface area contributed by atoms with Crippen LogP contribution in [0.25, 0.3) is 0 Å². The van der Waals surface area contributed by atoms with Gasteiger partial charge in [0.1, 0.15) is 0 Å². The summed E-state index contributed by atoms with van der Waals surface area (Å²) in [6.07, 6.45) is 2.34. The Morgan fingerprint density at radius 1 is 1.36 bits per heavy atom. The van der Waals surface area contributed by atoms with Gasteiger partial charge in [0.25, 0.3) is 5.91 Å². The number of carbonyl (C=O) groups excluding carboxylic acids is 2. The SMILES string of the molecule is CC(C)CN1CC[C@@]2(Cc3ccc(C(=O)NO)cc3C2)C1=O. The largest absolute Gasteiger partial charge is 0.342 e. The molecule has 5 nitrogen and oxygen atoms in total. The molecule has 0 aromatic heterocycles. The van der Waals surface area contributed by atoms with Crippen molar-refractivity contribution in [2.45, 2.75) is 33.1 Å². The lowest BCUT2D eigenvalue weighted by Crippen LogP contribution is -2.37. The molecule has 2 amide bonds. The molecule has 2 aliphatic rings. The molecule has 1 aromatic rings. The van der Waals surface area contributed by atoms with E-state index >= 15 is 0 Å². The van der Waals surface area contributed by atoms with Crippen LogP contribution in [-0.4, -0.2) is 35.0 Å². The Balaban J connectivity index is 1.82. The van der Waals surface area contributed by atoms with Crippen LogP contribution in [-0.2, 0) is 17.6 Å². The molecule has 1 atom stereocenters. The van der Waals surface area contributed by atoms with E-state index in [0.29, 0.717) is 17.9 Å². The maximum Gasteiger partial charge on any atom is 0.274 e. The molecule has 0 radical (unpaired) electrons. The monoisotopic (exact) mass is 302 g/mol. The number of amides is 2. The molecule has 1 aliphatic carbocycles. The zero-order valence-electron chi connectivity index (χ0n) is 13.1. The smallest absolute Gasteiger partial charge is 0.274 e. The van der Waals surface area contributed by atoms with Gasteiger partial charge in [-0.2, -0.15) is 0 Å². The van der Waals surface area contributed by atoms with Crippen molar-refractivity contribution in [3.63, 3.8) is 0 Å². The van der Waals surface area contributed by atoms with Gasteiger partial charge >= 0.3 is 0 Å². The van der Waals surface area contributed by atoms with Gasteiger partial charge < -0.3 is 4.90 Å². The number of rotatable bonds is 3. The van der Waals surface area contributed by atoms with E-state index in [-0.39, 0.29) is 11.3 Å². The fraction of sp³-hybridized carbons (Fsp3) is 0.529. The van der Waals surface area contributed by atoms with Gasteiger partial charge in [0.15, 0.2) is 0 Å². The first kappa shape index (κ1) is 15.0. The molecule has 5 heteroatoms. The molecule has 0 bridgehead atoms. The number of carbonyl (C=O) groups is 2. The van der Waals surface area contributed by atoms with Crippen LogP contribution in [0, 0.1) is 11.3 Å². The minimum Gasteiger partial charge on any atom is -0.342 e. The Hall–Kier alpha value is -1.88. The van der Waals surface area contributed by atoms with E-state index in [0.717, 1.165) is 37.1 Å². The molecule has 2 N–H and O–H groups in total. The van der Waals surface area contributed by atoms with Crippen LogP contribution in [0.3, 0.4) is 0 Å². The van der Waals surface area contributed by atoms with Gasteiger partial charge in [-0.15, -0.1) is 0 Å². The number of fused-ring (bicyclic) bond motifs is 1. The molecule has 1 saturated heterocycles. The van der Waals surface area contributed by atoms with Gasteiger partial charge in [0.2, 0.25) is 5.91 Å². The molecule has 118 valence electrons. The van der Waals surface area contributed by atoms with Crippen LogP contribution in [0.2, 0.25) is 0 Å². The molecular formula is C17H22N2O3. The second-order valence-corrected chi connectivity index (χ2v) is 6.95. The molecule has 1 aliphatic heterocycles. The highest BCUT2D eigenvalue weighted by molar-refractivity contribution is 5.94. The summed E-state index contributed by atoms with van der Waals surface area (Å²) in [6, 6.07) is 5.41. The summed E-state index contributed by atoms with van der Waals surface area (Å²) < 4.78 is 0. The van der Waals surface area contributed by atoms with Crippen LogP contribution < -0.4 is 5.48 Å². The molecule has 3 rings (SSSR count). The Bertz CT molecular complexity index is 626. The van der Waals surface area contributed by atoms with E-state index < -0.39 is 5.91 Å². The Morgan fingerprint density at radius 2 is 2.09 bits per heavy atom. The van der Waals surface area contributed by atoms with Gasteiger partial charge in [-0.1, -0.05) is 19.9 Å². The van der Waals surface area contributed by atoms with Gasteiger partial charge in [-0.05, 0) is 48.4 Å². The lowest BCUT2D eigenvalue weighted by atomic mass is 9.83. The molecule has 1 spiro atoms. The van der Waals surface area contributed by atoms with Crippen LogP contribution in [0.4, 0.5) is 0 Å². The third-order valence-electron chi connectivity index (χ3n) is 4.81. The van der Waals surface area contributed by atoms with Gasteiger partial charge in [-0.3, -0.25) is 14.8 Å². The van der Waals surface area contributed by atoms with Crippen LogP contribution in [0.15, 0.2) is 18.2 Å². The standard InChI is InChI=1S/C17H22N2O3/c1-11(2)10-19-6-5-17(16(19)21)8-13-4-3-12(15(20)18-22)7-14(13)9-17/h3-4,7,11,22H,5-6,8-10H2,1-2H3,(H,18,20)/t17-/m0/s1. The van der Waals surface area contributed by atoms with Gasteiger partial charge in [-0.25, -0.2) is 5.48 Å². The van der Waals surface area contributed by atoms with Crippen LogP contribution >= 0.6 is 0 Å². The highest BCUT2D eigenvalue weighted by atomic mass is 16.5. The topological polar surface area (TPSA) is 69.6 Å². The number of nitrogens with zero attached hydrogens (tertiary/aromatic N) is 1. The third kappa shape index (κ3) is 2.39. The van der Waals surface area contributed by atoms with Gasteiger partial charge in [0.05, 0.1) is 5.41 Å². The summed E-state index contributed by atoms with van der Waals surface area (Å²) in [4.78, 5) is 26.3. The minimum absolute atomic E-state index is 0.255. The van der Waals surface area contributed by atoms with Crippen molar-refractivity contribution in [1.82, 2.24) is 10.4 Å². The van der Waals surface area contributed by atoms with E-state index in [9.17, 15) is 9.59 Å². The maximum absolute atomic E-state index is 12.8. The van der Waals surface area contributed by atoms with E-state index in [1.165, 1.54) is 0 Å². The highest BCUT2D eigenvalue weighted by Gasteiger charge is 2.49. The summed E-state index contributed by atoms with van der Waals surface area (Å²) in [6.45, 7) is 5.90. The third-order valence-corrected chi connectivity index (χ3v) is 4.81. The predicted molar refractivity (Wildman–Crippen MR) is 81.6 cm³/mol. The number of nitrogens with one attached hydrogen (secondary N) is 1. The van der Waals surface area contributed by atoms with E-state index in [4.69, 9.17) is 5.21 Å². The normalized spacial score (nSPS) is 23.5. The second kappa shape index (κ2) is 5.39. The Labute approximate surface area is 130 Å². The molecule has 1 fully saturated rings. The summed E-state index contributed by atoms with van der Waals surface area (Å²) in [7, 11) is 0. The number of benzene rings is 1. The van der Waals surface area contributed by atoms with Crippen LogP contribution in [0.5, 0.6) is 0 Å². The van der Waals surface area contributed by atoms with Crippen molar-refractivity contribution in [1.29, 1.82) is 0 Å². The number of hydrogen-bond donors (Lipinski definition) is 2. The van der Waals surface area contributed by atoms with Gasteiger partial charge in [0, 0.05) is 18.7 Å². The van der Waals surface area contributed by atoms with Crippen molar-refractivity contribution >= 4 is 11.8 Å². The molecule has 0 saturated carbocycles. The fourth-order valence-electron chi connectivity index (χ4n) is 3.80. The summed E-state index contributed by atoms with van der Waals surface area (Å²) in [5.74, 6) is 0.219. The molecular weight excluding hydrogens is 280 g/mol. The second-order valence-electron chi connectivity index (χ2n) is 6.95. The van der Waals surface area contributed by atoms with E-state index in [2.05, 4.69) is 13.8 Å². The number of hydroxylamine groups is 1. The predicted octanol–water partition coefficient (Wildman–Crippen LogP) is 1.78. The Kier molecular flexibility index (Phi) is 3.68. The van der Waals surface area contributed by atoms with Crippen molar-refractivity contribution in [3.8, 4) is 0 Å². The lowest BCUT2D eigenvalue weighted by molar-refractivity contribution is -0.136. The highest BCUT2D eigenvalue weighted by Crippen LogP contribution is 2.45. The fourth-order valence-corrected chi connectivity index (χ4v) is 3.80. The van der Waals surface area contributed by atoms with Crippen molar-refractivity contribution in [2.24, 2.45) is 11.3 Å². The van der Waals surface area contributed by atoms with Crippen molar-refractivity contribution in [3.05, 3.63) is 34.9 Å². The first-order chi connectivity index (χ1) is 10.4. The average molecular weight is 302 g/mol. The molecule has 1 heterocycles. The minimum atomic E-state index is -0.511. The number of likely N-dealkylation sites (tertiary alicyclic amines) is 1. The first-order valence-electron chi connectivity index (χ1n) is 7.81. The zero-order valence-corrected chi connectivity index (χ0v) is 13.1. The van der Waals surface area contributed by atoms with Crippen LogP contribution in [0.1, 0.15) is 41.8 Å².